The smallest absolute Gasteiger partial charge is 0.161 e. The monoisotopic (exact) mass is 440 g/mol. The van der Waals surface area contributed by atoms with Crippen LogP contribution in [0.5, 0.6) is 0 Å². The van der Waals surface area contributed by atoms with Crippen molar-refractivity contribution in [3.05, 3.63) is 113 Å². The number of ketones is 1. The van der Waals surface area contributed by atoms with Crippen molar-refractivity contribution in [2.45, 2.75) is 31.1 Å². The Labute approximate surface area is 190 Å². The maximum Gasteiger partial charge on any atom is 0.161 e. The lowest BCUT2D eigenvalue weighted by Crippen LogP contribution is -2.25. The maximum absolute atomic E-state index is 15.0. The minimum atomic E-state index is -0.444. The average Bonchev–Trinajstić information content (AvgIpc) is 3.17. The molecule has 164 valence electrons. The van der Waals surface area contributed by atoms with Crippen molar-refractivity contribution < 1.29 is 13.6 Å². The molecule has 0 amide bonds. The Hall–Kier alpha value is -3.73. The first-order chi connectivity index (χ1) is 16.1. The van der Waals surface area contributed by atoms with Crippen molar-refractivity contribution in [3.8, 4) is 0 Å². The van der Waals surface area contributed by atoms with Crippen LogP contribution in [0.15, 0.2) is 84.2 Å². The second-order valence-electron chi connectivity index (χ2n) is 8.89. The molecule has 3 aromatic carbocycles. The average molecular weight is 440 g/mol. The van der Waals surface area contributed by atoms with Gasteiger partial charge in [0.25, 0.3) is 0 Å². The summed E-state index contributed by atoms with van der Waals surface area (Å²) >= 11 is 0. The molecule has 2 heterocycles. The molecule has 6 rings (SSSR count). The number of hydrogen-bond acceptors (Lipinski definition) is 2. The third-order valence-corrected chi connectivity index (χ3v) is 7.00. The number of halogens is 2. The number of aromatic amines is 1. The second-order valence-corrected chi connectivity index (χ2v) is 8.89. The molecule has 0 spiro atoms. The minimum Gasteiger partial charge on any atom is -0.361 e. The van der Waals surface area contributed by atoms with Crippen LogP contribution in [0.4, 0.5) is 14.5 Å². The van der Waals surface area contributed by atoms with Crippen LogP contribution in [-0.2, 0) is 11.2 Å². The van der Waals surface area contributed by atoms with Crippen LogP contribution in [0, 0.1) is 11.6 Å². The largest absolute Gasteiger partial charge is 0.361 e. The van der Waals surface area contributed by atoms with E-state index in [9.17, 15) is 13.6 Å². The van der Waals surface area contributed by atoms with Gasteiger partial charge in [0.05, 0.1) is 0 Å². The Bertz CT molecular complexity index is 1420. The van der Waals surface area contributed by atoms with E-state index in [1.54, 1.807) is 18.3 Å². The third-order valence-electron chi connectivity index (χ3n) is 7.00. The fourth-order valence-electron chi connectivity index (χ4n) is 5.47. The summed E-state index contributed by atoms with van der Waals surface area (Å²) in [6, 6.07) is 19.9. The van der Waals surface area contributed by atoms with Gasteiger partial charge in [-0.15, -0.1) is 0 Å². The van der Waals surface area contributed by atoms with Gasteiger partial charge in [-0.05, 0) is 54.2 Å². The molecule has 1 aliphatic heterocycles. The molecule has 3 nitrogen and oxygen atoms in total. The van der Waals surface area contributed by atoms with Gasteiger partial charge in [-0.1, -0.05) is 42.5 Å². The van der Waals surface area contributed by atoms with Crippen LogP contribution in [-0.4, -0.2) is 10.8 Å². The number of fused-ring (bicyclic) bond motifs is 2. The highest BCUT2D eigenvalue weighted by atomic mass is 19.1. The number of allylic oxidation sites excluding steroid dienone is 2. The normalized spacial score (nSPS) is 20.2. The van der Waals surface area contributed by atoms with E-state index in [-0.39, 0.29) is 29.8 Å². The summed E-state index contributed by atoms with van der Waals surface area (Å²) in [7, 11) is 0. The van der Waals surface area contributed by atoms with Crippen molar-refractivity contribution in [1.29, 1.82) is 0 Å². The van der Waals surface area contributed by atoms with E-state index < -0.39 is 5.92 Å². The predicted molar refractivity (Wildman–Crippen MR) is 125 cm³/mol. The van der Waals surface area contributed by atoms with Crippen LogP contribution in [0.25, 0.3) is 10.9 Å². The SMILES string of the molecule is O=C1CC(c2ccccc2)CC2=C1C(c1c[nH]c3cccc(F)c13)Cc1c(F)cccc1N2. The highest BCUT2D eigenvalue weighted by molar-refractivity contribution is 6.01. The first-order valence-corrected chi connectivity index (χ1v) is 11.2. The Morgan fingerprint density at radius 2 is 1.61 bits per heavy atom. The number of aromatic nitrogens is 1. The molecule has 2 unspecified atom stereocenters. The first-order valence-electron chi connectivity index (χ1n) is 11.2. The van der Waals surface area contributed by atoms with Crippen LogP contribution >= 0.6 is 0 Å². The molecule has 2 aliphatic rings. The summed E-state index contributed by atoms with van der Waals surface area (Å²) in [6.45, 7) is 0. The van der Waals surface area contributed by atoms with Gasteiger partial charge in [-0.2, -0.15) is 0 Å². The fraction of sp³-hybridized carbons (Fsp3) is 0.179. The molecule has 33 heavy (non-hydrogen) atoms. The van der Waals surface area contributed by atoms with Crippen molar-refractivity contribution in [1.82, 2.24) is 4.98 Å². The molecule has 0 bridgehead atoms. The molecule has 4 aromatic rings. The lowest BCUT2D eigenvalue weighted by atomic mass is 9.75. The standard InChI is InChI=1S/C28H22F2N2O/c29-21-8-4-10-23-19(21)14-18(20-15-31-24-11-5-9-22(30)27(20)24)28-25(32-23)12-17(13-26(28)33)16-6-2-1-3-7-16/h1-11,15,17-18,31-32H,12-14H2. The van der Waals surface area contributed by atoms with Gasteiger partial charge in [0, 0.05) is 52.0 Å². The lowest BCUT2D eigenvalue weighted by molar-refractivity contribution is -0.116. The summed E-state index contributed by atoms with van der Waals surface area (Å²) in [5, 5.41) is 3.87. The molecular weight excluding hydrogens is 418 g/mol. The van der Waals surface area contributed by atoms with Crippen molar-refractivity contribution in [3.63, 3.8) is 0 Å². The Morgan fingerprint density at radius 3 is 2.45 bits per heavy atom. The number of carbonyl (C=O) groups excluding carboxylic acids is 1. The molecule has 2 N–H and O–H groups in total. The van der Waals surface area contributed by atoms with Crippen LogP contribution < -0.4 is 5.32 Å². The number of anilines is 1. The first kappa shape index (κ1) is 19.9. The van der Waals surface area contributed by atoms with Crippen LogP contribution in [0.2, 0.25) is 0 Å². The minimum absolute atomic E-state index is 0.0292. The summed E-state index contributed by atoms with van der Waals surface area (Å²) in [5.74, 6) is -1.04. The molecule has 0 radical (unpaired) electrons. The van der Waals surface area contributed by atoms with E-state index in [1.807, 2.05) is 42.5 Å². The van der Waals surface area contributed by atoms with Gasteiger partial charge < -0.3 is 10.3 Å². The quantitative estimate of drug-likeness (QED) is 0.369. The van der Waals surface area contributed by atoms with Crippen molar-refractivity contribution >= 4 is 22.4 Å². The molecule has 0 saturated heterocycles. The zero-order valence-corrected chi connectivity index (χ0v) is 17.9. The summed E-state index contributed by atoms with van der Waals surface area (Å²) in [4.78, 5) is 16.8. The molecule has 1 aliphatic carbocycles. The maximum atomic E-state index is 15.0. The van der Waals surface area contributed by atoms with E-state index in [0.717, 1.165) is 11.3 Å². The number of carbonyl (C=O) groups is 1. The number of H-pyrrole nitrogens is 1. The van der Waals surface area contributed by atoms with Crippen LogP contribution in [0.3, 0.4) is 0 Å². The summed E-state index contributed by atoms with van der Waals surface area (Å²) in [5.41, 5.74) is 5.11. The predicted octanol–water partition coefficient (Wildman–Crippen LogP) is 6.60. The summed E-state index contributed by atoms with van der Waals surface area (Å²) < 4.78 is 29.9. The van der Waals surface area contributed by atoms with Gasteiger partial charge in [0.2, 0.25) is 0 Å². The lowest BCUT2D eigenvalue weighted by Gasteiger charge is -2.29. The van der Waals surface area contributed by atoms with Gasteiger partial charge in [-0.25, -0.2) is 8.78 Å². The third kappa shape index (κ3) is 3.27. The van der Waals surface area contributed by atoms with Gasteiger partial charge in [-0.3, -0.25) is 4.79 Å². The zero-order valence-electron chi connectivity index (χ0n) is 17.9. The molecule has 0 saturated carbocycles. The highest BCUT2D eigenvalue weighted by Gasteiger charge is 2.37. The molecule has 1 aromatic heterocycles. The Balaban J connectivity index is 1.54. The number of hydrogen-bond donors (Lipinski definition) is 2. The highest BCUT2D eigenvalue weighted by Crippen LogP contribution is 2.46. The van der Waals surface area contributed by atoms with Gasteiger partial charge in [0.15, 0.2) is 5.78 Å². The molecule has 5 heteroatoms. The Morgan fingerprint density at radius 1 is 0.818 bits per heavy atom. The van der Waals surface area contributed by atoms with E-state index >= 15 is 0 Å². The number of Topliss-reactive ketones (excluding diaryl/α,β-unsaturated/α-hetero) is 1. The van der Waals surface area contributed by atoms with Crippen molar-refractivity contribution in [2.24, 2.45) is 0 Å². The molecule has 2 atom stereocenters. The van der Waals surface area contributed by atoms with E-state index in [1.165, 1.54) is 12.1 Å². The summed E-state index contributed by atoms with van der Waals surface area (Å²) in [6.07, 6.45) is 3.08. The zero-order chi connectivity index (χ0) is 22.5. The van der Waals surface area contributed by atoms with Gasteiger partial charge in [0.1, 0.15) is 11.6 Å². The second kappa shape index (κ2) is 7.69. The van der Waals surface area contributed by atoms with Crippen LogP contribution in [0.1, 0.15) is 41.4 Å². The van der Waals surface area contributed by atoms with E-state index in [2.05, 4.69) is 10.3 Å². The van der Waals surface area contributed by atoms with E-state index in [4.69, 9.17) is 0 Å². The van der Waals surface area contributed by atoms with E-state index in [0.29, 0.717) is 46.1 Å². The molecular formula is C28H22F2N2O. The fourth-order valence-corrected chi connectivity index (χ4v) is 5.47. The number of nitrogens with one attached hydrogen (secondary N) is 2. The molecule has 0 fully saturated rings. The number of benzene rings is 3. The van der Waals surface area contributed by atoms with Gasteiger partial charge >= 0.3 is 0 Å². The van der Waals surface area contributed by atoms with Crippen molar-refractivity contribution in [2.75, 3.05) is 5.32 Å². The Kier molecular flexibility index (Phi) is 4.64. The number of rotatable bonds is 2. The topological polar surface area (TPSA) is 44.9 Å².